The van der Waals surface area contributed by atoms with Gasteiger partial charge in [-0.05, 0) is 154 Å². The van der Waals surface area contributed by atoms with Gasteiger partial charge in [0, 0.05) is 25.7 Å². The standard InChI is InChI=1S/C83H136O17P2/c1-5-9-13-17-21-25-29-33-36-37-38-39-42-45-48-52-56-60-64-68-81(86)94-73-78(99-82(87)69-65-61-57-53-49-43-32-28-24-20-16-12-8-4)75-97-101(89,90)95-71-77(84)72-96-102(91,92)98-76-79(100-83(88)70-66-62-58-54-50-46-41-35-31-27-23-19-15-11-7-3)74-93-80(85)67-63-59-55-51-47-44-40-34-30-26-22-18-14-10-6-2/h9-10,13-14,16,20-23,25-28,32-36,38-41,45,48,56,60,77-79,84H,5-8,11-12,15,17-19,24,29-31,37,42-44,46-47,49-55,57-59,61-76H2,1-4H3,(H,89,90)(H,91,92)/b13-9-,14-10-,20-16-,25-21-,26-22-,27-23-,32-28-,36-33-,39-38-,40-34-,41-35-,48-45-,60-56-. The lowest BCUT2D eigenvalue weighted by Gasteiger charge is -2.21. The van der Waals surface area contributed by atoms with Crippen molar-refractivity contribution < 1.29 is 80.2 Å². The number of rotatable bonds is 71. The normalized spacial score (nSPS) is 14.8. The van der Waals surface area contributed by atoms with Crippen molar-refractivity contribution in [3.63, 3.8) is 0 Å². The second-order valence-corrected chi connectivity index (χ2v) is 28.1. The molecule has 0 aliphatic heterocycles. The predicted octanol–water partition coefficient (Wildman–Crippen LogP) is 22.4. The predicted molar refractivity (Wildman–Crippen MR) is 417 cm³/mol. The van der Waals surface area contributed by atoms with Crippen molar-refractivity contribution in [3.05, 3.63) is 158 Å². The molecule has 0 aromatic carbocycles. The highest BCUT2D eigenvalue weighted by atomic mass is 31.2. The molecule has 0 bridgehead atoms. The fourth-order valence-electron chi connectivity index (χ4n) is 9.62. The van der Waals surface area contributed by atoms with E-state index in [1.165, 1.54) is 19.3 Å². The van der Waals surface area contributed by atoms with Gasteiger partial charge in [0.1, 0.15) is 19.3 Å². The summed E-state index contributed by atoms with van der Waals surface area (Å²) < 4.78 is 68.4. The Balaban J connectivity index is 5.45. The number of esters is 4. The summed E-state index contributed by atoms with van der Waals surface area (Å²) in [6.07, 6.45) is 85.3. The molecule has 0 fully saturated rings. The van der Waals surface area contributed by atoms with Crippen molar-refractivity contribution in [1.82, 2.24) is 0 Å². The summed E-state index contributed by atoms with van der Waals surface area (Å²) >= 11 is 0. The number of unbranched alkanes of at least 4 members (excludes halogenated alkanes) is 19. The van der Waals surface area contributed by atoms with Gasteiger partial charge in [0.15, 0.2) is 12.2 Å². The minimum atomic E-state index is -5.00. The van der Waals surface area contributed by atoms with Crippen LogP contribution in [0.3, 0.4) is 0 Å². The number of hydrogen-bond acceptors (Lipinski definition) is 15. The average molecular weight is 1470 g/mol. The zero-order valence-corrected chi connectivity index (χ0v) is 65.0. The molecule has 0 spiro atoms. The molecular formula is C83H136O17P2. The highest BCUT2D eigenvalue weighted by Gasteiger charge is 2.30. The zero-order valence-electron chi connectivity index (χ0n) is 63.2. The third-order valence-electron chi connectivity index (χ3n) is 15.5. The van der Waals surface area contributed by atoms with Gasteiger partial charge in [0.05, 0.1) is 26.4 Å². The van der Waals surface area contributed by atoms with Gasteiger partial charge in [-0.15, -0.1) is 0 Å². The minimum Gasteiger partial charge on any atom is -0.462 e. The van der Waals surface area contributed by atoms with Crippen LogP contribution in [0.4, 0.5) is 0 Å². The smallest absolute Gasteiger partial charge is 0.462 e. The Hall–Kier alpha value is -5.32. The molecule has 5 unspecified atom stereocenters. The minimum absolute atomic E-state index is 0.0278. The third-order valence-corrected chi connectivity index (χ3v) is 17.4. The fraction of sp³-hybridized carbons (Fsp3) is 0.639. The second kappa shape index (κ2) is 74.0. The van der Waals surface area contributed by atoms with Crippen molar-refractivity contribution in [2.45, 2.75) is 303 Å². The lowest BCUT2D eigenvalue weighted by molar-refractivity contribution is -0.161. The molecule has 580 valence electrons. The number of carbonyl (C=O) groups is 4. The van der Waals surface area contributed by atoms with E-state index in [1.54, 1.807) is 0 Å². The summed E-state index contributed by atoms with van der Waals surface area (Å²) in [6, 6.07) is 0. The fourth-order valence-corrected chi connectivity index (χ4v) is 11.2. The van der Waals surface area contributed by atoms with Gasteiger partial charge >= 0.3 is 39.5 Å². The summed E-state index contributed by atoms with van der Waals surface area (Å²) in [7, 11) is -10.00. The van der Waals surface area contributed by atoms with Crippen LogP contribution in [0, 0.1) is 0 Å². The summed E-state index contributed by atoms with van der Waals surface area (Å²) in [5.41, 5.74) is 0. The van der Waals surface area contributed by atoms with E-state index >= 15 is 0 Å². The number of aliphatic hydroxyl groups excluding tert-OH is 1. The van der Waals surface area contributed by atoms with Crippen molar-refractivity contribution in [2.75, 3.05) is 39.6 Å². The van der Waals surface area contributed by atoms with Crippen LogP contribution in [0.1, 0.15) is 285 Å². The van der Waals surface area contributed by atoms with E-state index in [4.69, 9.17) is 37.0 Å². The molecule has 0 aliphatic rings. The molecule has 0 aromatic heterocycles. The maximum absolute atomic E-state index is 13.1. The lowest BCUT2D eigenvalue weighted by Crippen LogP contribution is -2.30. The first-order chi connectivity index (χ1) is 49.7. The summed E-state index contributed by atoms with van der Waals surface area (Å²) in [5.74, 6) is -2.33. The van der Waals surface area contributed by atoms with Gasteiger partial charge in [-0.25, -0.2) is 9.13 Å². The third kappa shape index (κ3) is 73.0. The van der Waals surface area contributed by atoms with Crippen molar-refractivity contribution in [3.8, 4) is 0 Å². The lowest BCUT2D eigenvalue weighted by atomic mass is 10.1. The monoisotopic (exact) mass is 1470 g/mol. The van der Waals surface area contributed by atoms with Gasteiger partial charge in [-0.1, -0.05) is 263 Å². The SMILES string of the molecule is CC/C=C\C/C=C\C/C=C\C/C=C\C/C=C\C/C=C\CCC(=O)OCC(COP(=O)(O)OCC(O)COP(=O)(O)OCC(COC(=O)CCCCCCC/C=C\C/C=C\C/C=C\CC)OC(=O)CCCCCCC/C=C\C/C=C\CCCCC)OC(=O)CCCCCCC/C=C\C/C=C\CCC. The number of ether oxygens (including phenoxy) is 4. The topological polar surface area (TPSA) is 237 Å². The van der Waals surface area contributed by atoms with E-state index < -0.39 is 97.5 Å². The second-order valence-electron chi connectivity index (χ2n) is 25.2. The maximum atomic E-state index is 13.1. The van der Waals surface area contributed by atoms with Crippen LogP contribution < -0.4 is 0 Å². The highest BCUT2D eigenvalue weighted by molar-refractivity contribution is 7.47. The van der Waals surface area contributed by atoms with Crippen LogP contribution in [0.5, 0.6) is 0 Å². The molecule has 0 heterocycles. The van der Waals surface area contributed by atoms with Gasteiger partial charge in [0.25, 0.3) is 0 Å². The Morgan fingerprint density at radius 3 is 0.882 bits per heavy atom. The van der Waals surface area contributed by atoms with E-state index in [2.05, 4.69) is 167 Å². The number of phosphoric ester groups is 2. The molecule has 0 rings (SSSR count). The highest BCUT2D eigenvalue weighted by Crippen LogP contribution is 2.45. The van der Waals surface area contributed by atoms with Crippen LogP contribution in [-0.2, 0) is 65.4 Å². The van der Waals surface area contributed by atoms with Crippen LogP contribution in [0.2, 0.25) is 0 Å². The Bertz CT molecular complexity index is 2550. The molecular weight excluding hydrogens is 1330 g/mol. The number of carbonyl (C=O) groups excluding carboxylic acids is 4. The molecule has 0 radical (unpaired) electrons. The number of allylic oxidation sites excluding steroid dienone is 26. The van der Waals surface area contributed by atoms with Crippen LogP contribution in [0.15, 0.2) is 158 Å². The Morgan fingerprint density at radius 2 is 0.549 bits per heavy atom. The molecule has 0 amide bonds. The molecule has 0 aromatic rings. The van der Waals surface area contributed by atoms with E-state index in [0.29, 0.717) is 32.1 Å². The van der Waals surface area contributed by atoms with Crippen molar-refractivity contribution >= 4 is 39.5 Å². The quantitative estimate of drug-likeness (QED) is 0.0169. The number of phosphoric acid groups is 2. The van der Waals surface area contributed by atoms with Crippen LogP contribution >= 0.6 is 15.6 Å². The molecule has 102 heavy (non-hydrogen) atoms. The molecule has 0 saturated heterocycles. The molecule has 0 saturated carbocycles. The Labute approximate surface area is 617 Å². The largest absolute Gasteiger partial charge is 0.472 e. The molecule has 3 N–H and O–H groups in total. The van der Waals surface area contributed by atoms with E-state index in [9.17, 15) is 43.2 Å². The molecule has 5 atom stereocenters. The van der Waals surface area contributed by atoms with Crippen molar-refractivity contribution in [2.24, 2.45) is 0 Å². The number of aliphatic hydroxyl groups is 1. The maximum Gasteiger partial charge on any atom is 0.472 e. The molecule has 0 aliphatic carbocycles. The first kappa shape index (κ1) is 96.7. The van der Waals surface area contributed by atoms with Gasteiger partial charge < -0.3 is 33.8 Å². The summed E-state index contributed by atoms with van der Waals surface area (Å²) in [5, 5.41) is 10.6. The van der Waals surface area contributed by atoms with Gasteiger partial charge in [0.2, 0.25) is 0 Å². The first-order valence-electron chi connectivity index (χ1n) is 38.7. The summed E-state index contributed by atoms with van der Waals surface area (Å²) in [4.78, 5) is 72.9. The first-order valence-corrected chi connectivity index (χ1v) is 41.7. The van der Waals surface area contributed by atoms with E-state index in [-0.39, 0.29) is 25.7 Å². The van der Waals surface area contributed by atoms with Crippen molar-refractivity contribution in [1.29, 1.82) is 0 Å². The van der Waals surface area contributed by atoms with Gasteiger partial charge in [-0.2, -0.15) is 0 Å². The zero-order chi connectivity index (χ0) is 74.6. The Morgan fingerprint density at radius 1 is 0.284 bits per heavy atom. The summed E-state index contributed by atoms with van der Waals surface area (Å²) in [6.45, 7) is 4.40. The molecule has 17 nitrogen and oxygen atoms in total. The van der Waals surface area contributed by atoms with E-state index in [0.717, 1.165) is 180 Å². The van der Waals surface area contributed by atoms with Crippen LogP contribution in [-0.4, -0.2) is 96.7 Å². The van der Waals surface area contributed by atoms with E-state index in [1.807, 2.05) is 18.2 Å². The molecule has 19 heteroatoms. The Kier molecular flexibility index (Phi) is 70.1. The van der Waals surface area contributed by atoms with Gasteiger partial charge in [-0.3, -0.25) is 37.3 Å². The van der Waals surface area contributed by atoms with Crippen LogP contribution in [0.25, 0.3) is 0 Å². The number of hydrogen-bond donors (Lipinski definition) is 3. The average Bonchev–Trinajstić information content (AvgIpc) is 0.908.